The summed E-state index contributed by atoms with van der Waals surface area (Å²) in [6, 6.07) is 15.2. The van der Waals surface area contributed by atoms with Crippen LogP contribution in [-0.4, -0.2) is 81.4 Å². The number of aliphatic imine (C=N–C) groups is 1. The molecule has 44 heavy (non-hydrogen) atoms. The Kier molecular flexibility index (Phi) is 7.59. The average Bonchev–Trinajstić information content (AvgIpc) is 3.32. The first-order valence-corrected chi connectivity index (χ1v) is 17.2. The predicted octanol–water partition coefficient (Wildman–Crippen LogP) is 6.53. The van der Waals surface area contributed by atoms with Crippen LogP contribution in [-0.2, 0) is 15.1 Å². The van der Waals surface area contributed by atoms with Gasteiger partial charge in [0.1, 0.15) is 16.5 Å². The van der Waals surface area contributed by atoms with E-state index in [1.54, 1.807) is 0 Å². The molecule has 3 fully saturated rings. The number of halogens is 2. The minimum absolute atomic E-state index is 0.0510. The zero-order chi connectivity index (χ0) is 31.0. The number of carbonyl (C=O) groups is 2. The highest BCUT2D eigenvalue weighted by molar-refractivity contribution is 8.18. The van der Waals surface area contributed by atoms with Crippen LogP contribution < -0.4 is 0 Å². The number of piperazine rings is 1. The highest BCUT2D eigenvalue weighted by Crippen LogP contribution is 2.56. The van der Waals surface area contributed by atoms with Gasteiger partial charge in [-0.15, -0.1) is 0 Å². The Hall–Kier alpha value is -2.52. The number of hydrogen-bond acceptors (Lipinski definition) is 6. The lowest BCUT2D eigenvalue weighted by Gasteiger charge is -2.41. The lowest BCUT2D eigenvalue weighted by molar-refractivity contribution is -0.144. The number of amides is 2. The summed E-state index contributed by atoms with van der Waals surface area (Å²) in [5.74, 6) is 0.114. The number of likely N-dealkylation sites (tertiary alicyclic amines) is 1. The van der Waals surface area contributed by atoms with Crippen LogP contribution in [0.15, 0.2) is 64.1 Å². The normalized spacial score (nSPS) is 27.9. The van der Waals surface area contributed by atoms with E-state index in [1.165, 1.54) is 11.8 Å². The van der Waals surface area contributed by atoms with Crippen LogP contribution in [0.3, 0.4) is 0 Å². The van der Waals surface area contributed by atoms with Gasteiger partial charge in [0.2, 0.25) is 5.91 Å². The van der Waals surface area contributed by atoms with Crippen molar-refractivity contribution in [2.75, 3.05) is 33.2 Å². The van der Waals surface area contributed by atoms with Gasteiger partial charge in [-0.25, -0.2) is 4.99 Å². The van der Waals surface area contributed by atoms with Crippen molar-refractivity contribution in [3.63, 3.8) is 0 Å². The Labute approximate surface area is 274 Å². The lowest BCUT2D eigenvalue weighted by Crippen LogP contribution is -2.58. The molecule has 0 bridgehead atoms. The predicted molar refractivity (Wildman–Crippen MR) is 178 cm³/mol. The van der Waals surface area contributed by atoms with Crippen LogP contribution in [0.25, 0.3) is 0 Å². The third-order valence-corrected chi connectivity index (χ3v) is 11.9. The van der Waals surface area contributed by atoms with Gasteiger partial charge in [0.15, 0.2) is 5.17 Å². The number of carbonyl (C=O) groups excluding carboxylic acids is 2. The second kappa shape index (κ2) is 11.1. The van der Waals surface area contributed by atoms with Gasteiger partial charge in [0, 0.05) is 47.5 Å². The van der Waals surface area contributed by atoms with E-state index < -0.39 is 11.6 Å². The van der Waals surface area contributed by atoms with Gasteiger partial charge < -0.3 is 14.7 Å². The maximum Gasteiger partial charge on any atom is 0.263 e. The van der Waals surface area contributed by atoms with Crippen LogP contribution in [0.2, 0.25) is 10.0 Å². The smallest absolute Gasteiger partial charge is 0.263 e. The molecule has 1 spiro atoms. The minimum Gasteiger partial charge on any atom is -0.338 e. The van der Waals surface area contributed by atoms with Crippen molar-refractivity contribution in [2.24, 2.45) is 10.9 Å². The molecule has 0 N–H and O–H groups in total. The van der Waals surface area contributed by atoms with E-state index in [2.05, 4.69) is 49.8 Å². The largest absolute Gasteiger partial charge is 0.338 e. The minimum atomic E-state index is -0.623. The quantitative estimate of drug-likeness (QED) is 0.368. The Bertz CT molecular complexity index is 1550. The molecule has 7 rings (SSSR count). The number of thioether (sulfide) groups is 1. The fourth-order valence-corrected chi connectivity index (χ4v) is 9.22. The standard InChI is InChI=1S/C34H39Cl2N5O2S/c1-21(2)27-28(31(43)40-17-5-6-26(40)30(42)39-19-18-38(4)34(20-39)15-16-34)44-32-37-33(3,23-9-13-25(36)14-10-23)29(41(27)32)22-7-11-24(35)12-8-22/h7-14,21,26,29H,5-6,15-20H2,1-4H3/t26-,29+,33-/m0/s1. The van der Waals surface area contributed by atoms with Gasteiger partial charge in [-0.05, 0) is 92.7 Å². The summed E-state index contributed by atoms with van der Waals surface area (Å²) >= 11 is 14.0. The summed E-state index contributed by atoms with van der Waals surface area (Å²) in [4.78, 5) is 43.0. The number of nitrogens with zero attached hydrogens (tertiary/aromatic N) is 5. The first kappa shape index (κ1) is 30.2. The van der Waals surface area contributed by atoms with Crippen molar-refractivity contribution in [1.82, 2.24) is 19.6 Å². The molecule has 4 heterocycles. The van der Waals surface area contributed by atoms with Crippen LogP contribution in [0.4, 0.5) is 0 Å². The second-order valence-electron chi connectivity index (χ2n) is 13.4. The fourth-order valence-electron chi connectivity index (χ4n) is 7.61. The number of benzene rings is 2. The zero-order valence-corrected chi connectivity index (χ0v) is 28.1. The average molecular weight is 653 g/mol. The Balaban J connectivity index is 1.23. The number of allylic oxidation sites excluding steroid dienone is 1. The van der Waals surface area contributed by atoms with E-state index in [9.17, 15) is 9.59 Å². The van der Waals surface area contributed by atoms with Crippen molar-refractivity contribution in [1.29, 1.82) is 0 Å². The molecule has 2 amide bonds. The monoisotopic (exact) mass is 651 g/mol. The van der Waals surface area contributed by atoms with Crippen molar-refractivity contribution < 1.29 is 9.59 Å². The number of rotatable bonds is 5. The van der Waals surface area contributed by atoms with Gasteiger partial charge in [-0.2, -0.15) is 0 Å². The van der Waals surface area contributed by atoms with Crippen molar-refractivity contribution in [3.05, 3.63) is 80.3 Å². The molecule has 2 aromatic carbocycles. The molecular weight excluding hydrogens is 613 g/mol. The van der Waals surface area contributed by atoms with Crippen molar-refractivity contribution in [3.8, 4) is 0 Å². The molecule has 0 unspecified atom stereocenters. The molecule has 2 aromatic rings. The molecule has 1 aliphatic carbocycles. The van der Waals surface area contributed by atoms with Crippen LogP contribution in [0, 0.1) is 5.92 Å². The molecule has 3 atom stereocenters. The lowest BCUT2D eigenvalue weighted by atomic mass is 9.81. The van der Waals surface area contributed by atoms with E-state index in [1.807, 2.05) is 46.2 Å². The third-order valence-electron chi connectivity index (χ3n) is 10.3. The molecule has 0 radical (unpaired) electrons. The van der Waals surface area contributed by atoms with Crippen molar-refractivity contribution in [2.45, 2.75) is 69.6 Å². The molecule has 5 aliphatic rings. The molecule has 2 saturated heterocycles. The van der Waals surface area contributed by atoms with Gasteiger partial charge >= 0.3 is 0 Å². The van der Waals surface area contributed by atoms with E-state index in [4.69, 9.17) is 28.2 Å². The number of hydrogen-bond donors (Lipinski definition) is 0. The van der Waals surface area contributed by atoms with Gasteiger partial charge in [0.25, 0.3) is 5.91 Å². The molecule has 10 heteroatoms. The maximum atomic E-state index is 14.5. The van der Waals surface area contributed by atoms with Crippen LogP contribution >= 0.6 is 35.0 Å². The van der Waals surface area contributed by atoms with Crippen LogP contribution in [0.1, 0.15) is 63.6 Å². The third kappa shape index (κ3) is 4.88. The molecule has 1 saturated carbocycles. The molecular formula is C34H39Cl2N5O2S. The van der Waals surface area contributed by atoms with E-state index in [0.717, 1.165) is 60.9 Å². The number of likely N-dealkylation sites (N-methyl/N-ethyl adjacent to an activating group) is 1. The summed E-state index contributed by atoms with van der Waals surface area (Å²) in [7, 11) is 2.17. The van der Waals surface area contributed by atoms with E-state index in [-0.39, 0.29) is 29.3 Å². The first-order chi connectivity index (χ1) is 21.0. The Morgan fingerprint density at radius 1 is 0.977 bits per heavy atom. The van der Waals surface area contributed by atoms with Crippen molar-refractivity contribution >= 4 is 51.9 Å². The Morgan fingerprint density at radius 3 is 2.27 bits per heavy atom. The topological polar surface area (TPSA) is 59.5 Å². The summed E-state index contributed by atoms with van der Waals surface area (Å²) < 4.78 is 0. The summed E-state index contributed by atoms with van der Waals surface area (Å²) in [5.41, 5.74) is 2.60. The van der Waals surface area contributed by atoms with Gasteiger partial charge in [-0.1, -0.05) is 61.3 Å². The highest BCUT2D eigenvalue weighted by atomic mass is 35.5. The molecule has 4 aliphatic heterocycles. The summed E-state index contributed by atoms with van der Waals surface area (Å²) in [6.07, 6.45) is 3.83. The van der Waals surface area contributed by atoms with E-state index >= 15 is 0 Å². The summed E-state index contributed by atoms with van der Waals surface area (Å²) in [6.45, 7) is 9.40. The number of fused-ring (bicyclic) bond motifs is 1. The Morgan fingerprint density at radius 2 is 1.64 bits per heavy atom. The number of amidine groups is 1. The molecule has 232 valence electrons. The highest BCUT2D eigenvalue weighted by Gasteiger charge is 2.55. The molecule has 0 aromatic heterocycles. The van der Waals surface area contributed by atoms with E-state index in [0.29, 0.717) is 27.9 Å². The summed E-state index contributed by atoms with van der Waals surface area (Å²) in [5, 5.41) is 2.16. The van der Waals surface area contributed by atoms with Gasteiger partial charge in [0.05, 0.1) is 6.04 Å². The maximum absolute atomic E-state index is 14.5. The fraction of sp³-hybridized carbons (Fsp3) is 0.500. The zero-order valence-electron chi connectivity index (χ0n) is 25.7. The second-order valence-corrected chi connectivity index (χ2v) is 15.3. The first-order valence-electron chi connectivity index (χ1n) is 15.7. The van der Waals surface area contributed by atoms with Gasteiger partial charge in [-0.3, -0.25) is 14.5 Å². The molecule has 7 nitrogen and oxygen atoms in total. The van der Waals surface area contributed by atoms with Crippen LogP contribution in [0.5, 0.6) is 0 Å². The SMILES string of the molecule is CC(C)C1=C(C(=O)N2CCC[C@H]2C(=O)N2CCN(C)C3(CC3)C2)SC2=N[C@@](C)(c3ccc(Cl)cc3)[C@@H](c3ccc(Cl)cc3)N21.